The molecule has 23 heavy (non-hydrogen) atoms. The highest BCUT2D eigenvalue weighted by molar-refractivity contribution is 5.92. The largest absolute Gasteiger partial charge is 0.368 e. The van der Waals surface area contributed by atoms with Gasteiger partial charge in [-0.2, -0.15) is 0 Å². The maximum Gasteiger partial charge on any atom is 0.274 e. The lowest BCUT2D eigenvalue weighted by atomic mass is 10.3. The predicted octanol–water partition coefficient (Wildman–Crippen LogP) is 0.979. The zero-order valence-electron chi connectivity index (χ0n) is 13.3. The molecule has 0 spiro atoms. The summed E-state index contributed by atoms with van der Waals surface area (Å²) in [7, 11) is 0. The van der Waals surface area contributed by atoms with Gasteiger partial charge in [0.15, 0.2) is 0 Å². The fourth-order valence-electron chi connectivity index (χ4n) is 2.68. The minimum atomic E-state index is -0.0376. The molecule has 0 aliphatic carbocycles. The van der Waals surface area contributed by atoms with Gasteiger partial charge in [-0.1, -0.05) is 0 Å². The summed E-state index contributed by atoms with van der Waals surface area (Å²) in [4.78, 5) is 22.6. The fourth-order valence-corrected chi connectivity index (χ4v) is 2.68. The zero-order valence-corrected chi connectivity index (χ0v) is 13.3. The first-order chi connectivity index (χ1) is 11.3. The smallest absolute Gasteiger partial charge is 0.274 e. The molecule has 1 fully saturated rings. The molecule has 122 valence electrons. The second-order valence-corrected chi connectivity index (χ2v) is 5.50. The number of likely N-dealkylation sites (tertiary alicyclic amines) is 1. The van der Waals surface area contributed by atoms with Gasteiger partial charge in [0.1, 0.15) is 23.7 Å². The number of rotatable bonds is 6. The topological polar surface area (TPSA) is 88.8 Å². The highest BCUT2D eigenvalue weighted by Crippen LogP contribution is 2.12. The molecule has 0 radical (unpaired) electrons. The Bertz CT molecular complexity index is 663. The van der Waals surface area contributed by atoms with Crippen molar-refractivity contribution in [1.82, 2.24) is 29.6 Å². The third-order valence-electron chi connectivity index (χ3n) is 3.94. The quantitative estimate of drug-likeness (QED) is 0.855. The number of carbonyl (C=O) groups is 1. The number of aromatic nitrogens is 5. The SMILES string of the molecule is CCn1cnnc1CCNc1cncc(C(=O)N2CCCC2)n1. The summed E-state index contributed by atoms with van der Waals surface area (Å²) in [5, 5.41) is 11.2. The molecule has 1 aliphatic rings. The zero-order chi connectivity index (χ0) is 16.1. The summed E-state index contributed by atoms with van der Waals surface area (Å²) in [6.07, 6.45) is 7.75. The number of hydrogen-bond acceptors (Lipinski definition) is 6. The van der Waals surface area contributed by atoms with Gasteiger partial charge in [-0.15, -0.1) is 10.2 Å². The van der Waals surface area contributed by atoms with E-state index in [0.717, 1.165) is 44.7 Å². The van der Waals surface area contributed by atoms with E-state index in [1.807, 2.05) is 9.47 Å². The first-order valence-electron chi connectivity index (χ1n) is 8.00. The average Bonchev–Trinajstić information content (AvgIpc) is 3.26. The van der Waals surface area contributed by atoms with Gasteiger partial charge in [0.05, 0.1) is 12.4 Å². The van der Waals surface area contributed by atoms with Crippen LogP contribution in [0.5, 0.6) is 0 Å². The average molecular weight is 315 g/mol. The molecular formula is C15H21N7O. The van der Waals surface area contributed by atoms with Crippen LogP contribution in [-0.4, -0.2) is 55.2 Å². The molecule has 1 amide bonds. The Morgan fingerprint density at radius 3 is 2.91 bits per heavy atom. The molecule has 8 heteroatoms. The molecule has 0 unspecified atom stereocenters. The van der Waals surface area contributed by atoms with E-state index in [-0.39, 0.29) is 5.91 Å². The molecular weight excluding hydrogens is 294 g/mol. The van der Waals surface area contributed by atoms with Crippen LogP contribution in [0.2, 0.25) is 0 Å². The number of carbonyl (C=O) groups excluding carboxylic acids is 1. The Hall–Kier alpha value is -2.51. The van der Waals surface area contributed by atoms with E-state index in [2.05, 4.69) is 32.4 Å². The predicted molar refractivity (Wildman–Crippen MR) is 85.1 cm³/mol. The summed E-state index contributed by atoms with van der Waals surface area (Å²) in [5.41, 5.74) is 0.397. The summed E-state index contributed by atoms with van der Waals surface area (Å²) in [6, 6.07) is 0. The van der Waals surface area contributed by atoms with Crippen molar-refractivity contribution in [3.05, 3.63) is 30.2 Å². The van der Waals surface area contributed by atoms with Crippen molar-refractivity contribution in [2.45, 2.75) is 32.7 Å². The van der Waals surface area contributed by atoms with Crippen LogP contribution < -0.4 is 5.32 Å². The van der Waals surface area contributed by atoms with Gasteiger partial charge < -0.3 is 14.8 Å². The van der Waals surface area contributed by atoms with Gasteiger partial charge >= 0.3 is 0 Å². The number of nitrogens with one attached hydrogen (secondary N) is 1. The van der Waals surface area contributed by atoms with Gasteiger partial charge in [-0.25, -0.2) is 4.98 Å². The van der Waals surface area contributed by atoms with Crippen LogP contribution in [0.3, 0.4) is 0 Å². The molecule has 0 atom stereocenters. The monoisotopic (exact) mass is 315 g/mol. The summed E-state index contributed by atoms with van der Waals surface area (Å²) in [5.74, 6) is 1.50. The molecule has 2 aromatic heterocycles. The van der Waals surface area contributed by atoms with E-state index < -0.39 is 0 Å². The van der Waals surface area contributed by atoms with Gasteiger partial charge in [-0.05, 0) is 19.8 Å². The first-order valence-corrected chi connectivity index (χ1v) is 8.00. The minimum Gasteiger partial charge on any atom is -0.368 e. The summed E-state index contributed by atoms with van der Waals surface area (Å²) in [6.45, 7) is 5.19. The molecule has 0 bridgehead atoms. The van der Waals surface area contributed by atoms with Gasteiger partial charge in [0.2, 0.25) is 0 Å². The van der Waals surface area contributed by atoms with Crippen molar-refractivity contribution in [1.29, 1.82) is 0 Å². The van der Waals surface area contributed by atoms with Crippen LogP contribution in [0.25, 0.3) is 0 Å². The normalized spacial score (nSPS) is 14.2. The van der Waals surface area contributed by atoms with Crippen molar-refractivity contribution >= 4 is 11.7 Å². The van der Waals surface area contributed by atoms with Crippen molar-refractivity contribution < 1.29 is 4.79 Å². The molecule has 8 nitrogen and oxygen atoms in total. The third-order valence-corrected chi connectivity index (χ3v) is 3.94. The van der Waals surface area contributed by atoms with Crippen LogP contribution in [0, 0.1) is 0 Å². The number of hydrogen-bond donors (Lipinski definition) is 1. The van der Waals surface area contributed by atoms with Crippen LogP contribution >= 0.6 is 0 Å². The maximum atomic E-state index is 12.3. The van der Waals surface area contributed by atoms with Crippen molar-refractivity contribution in [2.75, 3.05) is 25.0 Å². The van der Waals surface area contributed by atoms with Crippen LogP contribution in [-0.2, 0) is 13.0 Å². The number of nitrogens with zero attached hydrogens (tertiary/aromatic N) is 6. The standard InChI is InChI=1S/C15H21N7O/c1-2-21-11-18-20-14(21)5-6-17-13-10-16-9-12(19-13)15(23)22-7-3-4-8-22/h9-11H,2-8H2,1H3,(H,17,19). The van der Waals surface area contributed by atoms with Gasteiger partial charge in [0.25, 0.3) is 5.91 Å². The molecule has 0 saturated carbocycles. The Morgan fingerprint density at radius 2 is 2.13 bits per heavy atom. The summed E-state index contributed by atoms with van der Waals surface area (Å²) < 4.78 is 2.00. The number of aryl methyl sites for hydroxylation is 1. The molecule has 1 saturated heterocycles. The summed E-state index contributed by atoms with van der Waals surface area (Å²) >= 11 is 0. The molecule has 1 aliphatic heterocycles. The molecule has 1 N–H and O–H groups in total. The molecule has 0 aromatic carbocycles. The third kappa shape index (κ3) is 3.64. The van der Waals surface area contributed by atoms with E-state index >= 15 is 0 Å². The highest BCUT2D eigenvalue weighted by Gasteiger charge is 2.21. The van der Waals surface area contributed by atoms with E-state index in [1.165, 1.54) is 6.20 Å². The minimum absolute atomic E-state index is 0.0376. The van der Waals surface area contributed by atoms with E-state index in [0.29, 0.717) is 18.1 Å². The Labute approximate surface area is 135 Å². The second kappa shape index (κ2) is 7.17. The molecule has 3 rings (SSSR count). The fraction of sp³-hybridized carbons (Fsp3) is 0.533. The Kier molecular flexibility index (Phi) is 4.80. The van der Waals surface area contributed by atoms with Crippen LogP contribution in [0.1, 0.15) is 36.1 Å². The lowest BCUT2D eigenvalue weighted by molar-refractivity contribution is 0.0786. The molecule has 3 heterocycles. The second-order valence-electron chi connectivity index (χ2n) is 5.50. The number of amides is 1. The van der Waals surface area contributed by atoms with Crippen LogP contribution in [0.4, 0.5) is 5.82 Å². The van der Waals surface area contributed by atoms with Crippen molar-refractivity contribution in [2.24, 2.45) is 0 Å². The van der Waals surface area contributed by atoms with Gasteiger partial charge in [-0.3, -0.25) is 9.78 Å². The number of anilines is 1. The lowest BCUT2D eigenvalue weighted by Crippen LogP contribution is -2.28. The molecule has 2 aromatic rings. The lowest BCUT2D eigenvalue weighted by Gasteiger charge is -2.14. The Balaban J connectivity index is 1.58. The van der Waals surface area contributed by atoms with Gasteiger partial charge in [0, 0.05) is 32.6 Å². The van der Waals surface area contributed by atoms with Crippen LogP contribution in [0.15, 0.2) is 18.7 Å². The highest BCUT2D eigenvalue weighted by atomic mass is 16.2. The van der Waals surface area contributed by atoms with E-state index in [1.54, 1.807) is 12.5 Å². The van der Waals surface area contributed by atoms with E-state index in [9.17, 15) is 4.79 Å². The van der Waals surface area contributed by atoms with E-state index in [4.69, 9.17) is 0 Å². The van der Waals surface area contributed by atoms with Crippen molar-refractivity contribution in [3.8, 4) is 0 Å². The maximum absolute atomic E-state index is 12.3. The Morgan fingerprint density at radius 1 is 1.30 bits per heavy atom. The first kappa shape index (κ1) is 15.4. The van der Waals surface area contributed by atoms with Crippen molar-refractivity contribution in [3.63, 3.8) is 0 Å².